The van der Waals surface area contributed by atoms with Crippen molar-refractivity contribution in [2.24, 2.45) is 0 Å². The van der Waals surface area contributed by atoms with E-state index in [1.165, 1.54) is 64.2 Å². The lowest BCUT2D eigenvalue weighted by Crippen LogP contribution is -2.54. The summed E-state index contributed by atoms with van der Waals surface area (Å²) in [4.78, 5) is 14.1. The fourth-order valence-electron chi connectivity index (χ4n) is 3.24. The van der Waals surface area contributed by atoms with Crippen molar-refractivity contribution in [1.29, 1.82) is 0 Å². The number of nitrogens with one attached hydrogen (secondary N) is 1. The van der Waals surface area contributed by atoms with Crippen LogP contribution in [0.1, 0.15) is 90.9 Å². The van der Waals surface area contributed by atoms with Gasteiger partial charge in [0.2, 0.25) is 5.91 Å². The van der Waals surface area contributed by atoms with E-state index in [-0.39, 0.29) is 11.9 Å². The Bertz CT molecular complexity index is 341. The van der Waals surface area contributed by atoms with Crippen LogP contribution >= 0.6 is 0 Å². The number of carbonyl (C=O) groups is 1. The number of rotatable bonds is 14. The van der Waals surface area contributed by atoms with Gasteiger partial charge in [-0.3, -0.25) is 4.79 Å². The van der Waals surface area contributed by atoms with Crippen LogP contribution in [0.4, 0.5) is 0 Å². The van der Waals surface area contributed by atoms with Gasteiger partial charge in [-0.25, -0.2) is 0 Å². The third-order valence-electron chi connectivity index (χ3n) is 4.89. The number of hydrogen-bond donors (Lipinski definition) is 1. The van der Waals surface area contributed by atoms with E-state index in [2.05, 4.69) is 23.7 Å². The lowest BCUT2D eigenvalue weighted by Gasteiger charge is -2.41. The summed E-state index contributed by atoms with van der Waals surface area (Å²) < 4.78 is 0. The van der Waals surface area contributed by atoms with Gasteiger partial charge >= 0.3 is 0 Å². The molecule has 1 rings (SSSR count). The van der Waals surface area contributed by atoms with Crippen molar-refractivity contribution in [1.82, 2.24) is 10.2 Å². The maximum absolute atomic E-state index is 12.0. The molecule has 1 heterocycles. The van der Waals surface area contributed by atoms with E-state index in [0.29, 0.717) is 0 Å². The molecule has 0 aromatic rings. The SMILES string of the molecule is C=C(C)N1CCC1C(=O)NCCCCCCCCCCCCC. The van der Waals surface area contributed by atoms with Crippen molar-refractivity contribution in [3.8, 4) is 0 Å². The Morgan fingerprint density at radius 1 is 1.00 bits per heavy atom. The summed E-state index contributed by atoms with van der Waals surface area (Å²) in [5, 5.41) is 3.08. The zero-order valence-corrected chi connectivity index (χ0v) is 15.5. The predicted molar refractivity (Wildman–Crippen MR) is 99.4 cm³/mol. The Morgan fingerprint density at radius 3 is 1.96 bits per heavy atom. The number of nitrogens with zero attached hydrogens (tertiary/aromatic N) is 1. The van der Waals surface area contributed by atoms with Gasteiger partial charge in [0, 0.05) is 18.8 Å². The maximum Gasteiger partial charge on any atom is 0.242 e. The van der Waals surface area contributed by atoms with Crippen LogP contribution in [0.2, 0.25) is 0 Å². The molecule has 1 aliphatic heterocycles. The second-order valence-corrected chi connectivity index (χ2v) is 7.06. The zero-order chi connectivity index (χ0) is 16.9. The minimum absolute atomic E-state index is 0.0419. The average Bonchev–Trinajstić information content (AvgIpc) is 2.46. The van der Waals surface area contributed by atoms with Crippen molar-refractivity contribution in [2.45, 2.75) is 96.9 Å². The van der Waals surface area contributed by atoms with Crippen molar-refractivity contribution < 1.29 is 4.79 Å². The van der Waals surface area contributed by atoms with E-state index in [1.807, 2.05) is 6.92 Å². The van der Waals surface area contributed by atoms with E-state index >= 15 is 0 Å². The van der Waals surface area contributed by atoms with E-state index in [0.717, 1.165) is 31.6 Å². The number of carbonyl (C=O) groups excluding carboxylic acids is 1. The standard InChI is InChI=1S/C20H38N2O/c1-4-5-6-7-8-9-10-11-12-13-14-16-21-20(23)19-15-17-22(19)18(2)3/h19H,2,4-17H2,1,3H3,(H,21,23). The van der Waals surface area contributed by atoms with Crippen LogP contribution in [-0.4, -0.2) is 29.9 Å². The lowest BCUT2D eigenvalue weighted by atomic mass is 10.0. The zero-order valence-electron chi connectivity index (χ0n) is 15.5. The molecule has 1 aliphatic rings. The normalized spacial score (nSPS) is 17.0. The van der Waals surface area contributed by atoms with Crippen LogP contribution in [-0.2, 0) is 4.79 Å². The molecule has 23 heavy (non-hydrogen) atoms. The summed E-state index contributed by atoms with van der Waals surface area (Å²) in [6.45, 7) is 9.97. The fourth-order valence-corrected chi connectivity index (χ4v) is 3.24. The Hall–Kier alpha value is -0.990. The van der Waals surface area contributed by atoms with Gasteiger partial charge in [-0.2, -0.15) is 0 Å². The summed E-state index contributed by atoms with van der Waals surface area (Å²) in [6, 6.07) is 0.0419. The number of likely N-dealkylation sites (tertiary alicyclic amines) is 1. The van der Waals surface area contributed by atoms with Crippen LogP contribution in [0.25, 0.3) is 0 Å². The van der Waals surface area contributed by atoms with Crippen LogP contribution in [0.15, 0.2) is 12.3 Å². The van der Waals surface area contributed by atoms with Gasteiger partial charge in [-0.15, -0.1) is 0 Å². The van der Waals surface area contributed by atoms with Crippen molar-refractivity contribution in [3.63, 3.8) is 0 Å². The third-order valence-corrected chi connectivity index (χ3v) is 4.89. The molecule has 0 radical (unpaired) electrons. The Morgan fingerprint density at radius 2 is 1.52 bits per heavy atom. The van der Waals surface area contributed by atoms with Crippen LogP contribution in [0.3, 0.4) is 0 Å². The first kappa shape index (κ1) is 20.1. The van der Waals surface area contributed by atoms with E-state index in [9.17, 15) is 4.79 Å². The summed E-state index contributed by atoms with van der Waals surface area (Å²) in [5.74, 6) is 0.186. The largest absolute Gasteiger partial charge is 0.364 e. The monoisotopic (exact) mass is 322 g/mol. The van der Waals surface area contributed by atoms with Crippen molar-refractivity contribution in [2.75, 3.05) is 13.1 Å². The number of unbranched alkanes of at least 4 members (excludes halogenated alkanes) is 10. The average molecular weight is 323 g/mol. The molecule has 0 aliphatic carbocycles. The number of hydrogen-bond acceptors (Lipinski definition) is 2. The van der Waals surface area contributed by atoms with Crippen molar-refractivity contribution in [3.05, 3.63) is 12.3 Å². The van der Waals surface area contributed by atoms with Crippen LogP contribution < -0.4 is 5.32 Å². The first-order chi connectivity index (χ1) is 11.2. The molecule has 134 valence electrons. The van der Waals surface area contributed by atoms with Gasteiger partial charge in [-0.05, 0) is 19.8 Å². The molecule has 1 fully saturated rings. The van der Waals surface area contributed by atoms with Gasteiger partial charge in [0.1, 0.15) is 6.04 Å². The fraction of sp³-hybridized carbons (Fsp3) is 0.850. The highest BCUT2D eigenvalue weighted by Crippen LogP contribution is 2.21. The highest BCUT2D eigenvalue weighted by atomic mass is 16.2. The molecule has 0 aromatic carbocycles. The Labute approximate surface area is 143 Å². The Kier molecular flexibility index (Phi) is 10.8. The summed E-state index contributed by atoms with van der Waals surface area (Å²) in [5.41, 5.74) is 1.01. The van der Waals surface area contributed by atoms with E-state index in [4.69, 9.17) is 0 Å². The molecule has 0 spiro atoms. The Balaban J connectivity index is 1.85. The van der Waals surface area contributed by atoms with E-state index in [1.54, 1.807) is 0 Å². The first-order valence-corrected chi connectivity index (χ1v) is 9.86. The van der Waals surface area contributed by atoms with Crippen LogP contribution in [0.5, 0.6) is 0 Å². The molecular weight excluding hydrogens is 284 g/mol. The van der Waals surface area contributed by atoms with E-state index < -0.39 is 0 Å². The third kappa shape index (κ3) is 8.43. The molecule has 0 bridgehead atoms. The smallest absolute Gasteiger partial charge is 0.242 e. The molecule has 0 aromatic heterocycles. The van der Waals surface area contributed by atoms with Crippen molar-refractivity contribution >= 4 is 5.91 Å². The van der Waals surface area contributed by atoms with Gasteiger partial charge in [0.05, 0.1) is 0 Å². The molecule has 1 atom stereocenters. The van der Waals surface area contributed by atoms with Crippen LogP contribution in [0, 0.1) is 0 Å². The highest BCUT2D eigenvalue weighted by Gasteiger charge is 2.33. The second-order valence-electron chi connectivity index (χ2n) is 7.06. The maximum atomic E-state index is 12.0. The number of amides is 1. The second kappa shape index (κ2) is 12.4. The van der Waals surface area contributed by atoms with Gasteiger partial charge < -0.3 is 10.2 Å². The molecule has 1 amide bonds. The molecule has 3 nitrogen and oxygen atoms in total. The quantitative estimate of drug-likeness (QED) is 0.455. The highest BCUT2D eigenvalue weighted by molar-refractivity contribution is 5.82. The summed E-state index contributed by atoms with van der Waals surface area (Å²) in [7, 11) is 0. The molecule has 0 saturated carbocycles. The van der Waals surface area contributed by atoms with Gasteiger partial charge in [0.15, 0.2) is 0 Å². The predicted octanol–water partition coefficient (Wildman–Crippen LogP) is 5.02. The molecule has 3 heteroatoms. The summed E-state index contributed by atoms with van der Waals surface area (Å²) in [6.07, 6.45) is 15.8. The lowest BCUT2D eigenvalue weighted by molar-refractivity contribution is -0.129. The van der Waals surface area contributed by atoms with Gasteiger partial charge in [0.25, 0.3) is 0 Å². The molecule has 1 unspecified atom stereocenters. The minimum Gasteiger partial charge on any atom is -0.364 e. The topological polar surface area (TPSA) is 32.3 Å². The first-order valence-electron chi connectivity index (χ1n) is 9.86. The molecule has 1 N–H and O–H groups in total. The van der Waals surface area contributed by atoms with Gasteiger partial charge in [-0.1, -0.05) is 77.7 Å². The molecule has 1 saturated heterocycles. The number of allylic oxidation sites excluding steroid dienone is 1. The minimum atomic E-state index is 0.0419. The summed E-state index contributed by atoms with van der Waals surface area (Å²) >= 11 is 0. The molecular formula is C20H38N2O.